The highest BCUT2D eigenvalue weighted by molar-refractivity contribution is 6.09. The Morgan fingerprint density at radius 3 is 2.22 bits per heavy atom. The maximum Gasteiger partial charge on any atom is 0.109 e. The van der Waals surface area contributed by atoms with Crippen molar-refractivity contribution in [1.82, 2.24) is 4.98 Å². The van der Waals surface area contributed by atoms with Crippen LogP contribution in [0.2, 0.25) is 0 Å². The normalized spacial score (nSPS) is 11.6. The average Bonchev–Trinajstić information content (AvgIpc) is 2.64. The first-order valence-electron chi connectivity index (χ1n) is 7.45. The van der Waals surface area contributed by atoms with Crippen molar-refractivity contribution in [2.24, 2.45) is 5.10 Å². The van der Waals surface area contributed by atoms with Gasteiger partial charge in [0.2, 0.25) is 0 Å². The Morgan fingerprint density at radius 1 is 0.826 bits per heavy atom. The minimum Gasteiger partial charge on any atom is -0.278 e. The van der Waals surface area contributed by atoms with Gasteiger partial charge in [-0.1, -0.05) is 60.7 Å². The molecular formula is C20H17N3. The van der Waals surface area contributed by atoms with Gasteiger partial charge in [0, 0.05) is 6.20 Å². The maximum atomic E-state index is 4.50. The maximum absolute atomic E-state index is 4.50. The standard InChI is InChI=1S/C20H17N3/c1-3-9-17(10-4-1)14-15-20(19-13-7-8-16-21-19)23-22-18-11-5-2-6-12-18/h1-16,22H/b15-14+,23-20+. The number of para-hydroxylation sites is 1. The van der Waals surface area contributed by atoms with Crippen molar-refractivity contribution in [2.45, 2.75) is 0 Å². The first-order valence-corrected chi connectivity index (χ1v) is 7.45. The Bertz CT molecular complexity index is 779. The molecule has 0 aliphatic carbocycles. The molecule has 112 valence electrons. The van der Waals surface area contributed by atoms with Gasteiger partial charge < -0.3 is 0 Å². The summed E-state index contributed by atoms with van der Waals surface area (Å²) in [5.41, 5.74) is 6.73. The molecule has 23 heavy (non-hydrogen) atoms. The zero-order valence-corrected chi connectivity index (χ0v) is 12.6. The van der Waals surface area contributed by atoms with Crippen molar-refractivity contribution in [3.8, 4) is 0 Å². The van der Waals surface area contributed by atoms with Gasteiger partial charge in [0.25, 0.3) is 0 Å². The van der Waals surface area contributed by atoms with E-state index in [1.807, 2.05) is 78.9 Å². The molecule has 0 aliphatic heterocycles. The molecule has 1 N–H and O–H groups in total. The van der Waals surface area contributed by atoms with E-state index >= 15 is 0 Å². The predicted molar refractivity (Wildman–Crippen MR) is 96.3 cm³/mol. The summed E-state index contributed by atoms with van der Waals surface area (Å²) in [5.74, 6) is 0. The number of hydrogen-bond acceptors (Lipinski definition) is 3. The monoisotopic (exact) mass is 299 g/mol. The molecule has 2 aromatic carbocycles. The molecule has 1 aromatic heterocycles. The summed E-state index contributed by atoms with van der Waals surface area (Å²) in [7, 11) is 0. The van der Waals surface area contributed by atoms with E-state index in [4.69, 9.17) is 0 Å². The molecule has 0 atom stereocenters. The van der Waals surface area contributed by atoms with Gasteiger partial charge in [0.1, 0.15) is 5.71 Å². The molecule has 0 aliphatic rings. The summed E-state index contributed by atoms with van der Waals surface area (Å²) in [6.45, 7) is 0. The predicted octanol–water partition coefficient (Wildman–Crippen LogP) is 4.61. The molecule has 0 bridgehead atoms. The smallest absolute Gasteiger partial charge is 0.109 e. The first kappa shape index (κ1) is 14.7. The number of rotatable bonds is 5. The molecule has 0 spiro atoms. The molecule has 0 unspecified atom stereocenters. The van der Waals surface area contributed by atoms with Gasteiger partial charge in [-0.25, -0.2) is 0 Å². The van der Waals surface area contributed by atoms with Crippen LogP contribution in [0.3, 0.4) is 0 Å². The number of pyridine rings is 1. The van der Waals surface area contributed by atoms with Crippen molar-refractivity contribution in [1.29, 1.82) is 0 Å². The lowest BCUT2D eigenvalue weighted by Gasteiger charge is -2.04. The largest absolute Gasteiger partial charge is 0.278 e. The number of nitrogens with one attached hydrogen (secondary N) is 1. The average molecular weight is 299 g/mol. The number of anilines is 1. The highest BCUT2D eigenvalue weighted by atomic mass is 15.3. The fourth-order valence-electron chi connectivity index (χ4n) is 2.07. The van der Waals surface area contributed by atoms with Crippen LogP contribution in [0.5, 0.6) is 0 Å². The Balaban J connectivity index is 1.86. The molecule has 0 fully saturated rings. The molecule has 3 heteroatoms. The third-order valence-corrected chi connectivity index (χ3v) is 3.24. The minimum atomic E-state index is 0.776. The minimum absolute atomic E-state index is 0.776. The second kappa shape index (κ2) is 7.71. The van der Waals surface area contributed by atoms with Crippen molar-refractivity contribution in [2.75, 3.05) is 5.43 Å². The summed E-state index contributed by atoms with van der Waals surface area (Å²) < 4.78 is 0. The summed E-state index contributed by atoms with van der Waals surface area (Å²) in [5, 5.41) is 4.50. The van der Waals surface area contributed by atoms with Crippen molar-refractivity contribution < 1.29 is 0 Å². The van der Waals surface area contributed by atoms with E-state index in [-0.39, 0.29) is 0 Å². The number of allylic oxidation sites excluding steroid dienone is 1. The number of nitrogens with zero attached hydrogens (tertiary/aromatic N) is 2. The fraction of sp³-hybridized carbons (Fsp3) is 0. The van der Waals surface area contributed by atoms with Crippen LogP contribution in [-0.2, 0) is 0 Å². The van der Waals surface area contributed by atoms with E-state index in [1.165, 1.54) is 0 Å². The van der Waals surface area contributed by atoms with Gasteiger partial charge in [0.15, 0.2) is 0 Å². The quantitative estimate of drug-likeness (QED) is 0.551. The van der Waals surface area contributed by atoms with E-state index in [9.17, 15) is 0 Å². The summed E-state index contributed by atoms with van der Waals surface area (Å²) in [4.78, 5) is 4.38. The lowest BCUT2D eigenvalue weighted by Crippen LogP contribution is -2.03. The summed E-state index contributed by atoms with van der Waals surface area (Å²) >= 11 is 0. The third kappa shape index (κ3) is 4.38. The first-order chi connectivity index (χ1) is 11.4. The number of hydrazone groups is 1. The van der Waals surface area contributed by atoms with E-state index in [0.717, 1.165) is 22.7 Å². The van der Waals surface area contributed by atoms with Crippen LogP contribution in [-0.4, -0.2) is 10.7 Å². The number of benzene rings is 2. The highest BCUT2D eigenvalue weighted by Gasteiger charge is 2.01. The van der Waals surface area contributed by atoms with Crippen LogP contribution in [0.25, 0.3) is 6.08 Å². The lowest BCUT2D eigenvalue weighted by atomic mass is 10.1. The molecule has 1 heterocycles. The third-order valence-electron chi connectivity index (χ3n) is 3.24. The Labute approximate surface area is 136 Å². The zero-order valence-electron chi connectivity index (χ0n) is 12.6. The fourth-order valence-corrected chi connectivity index (χ4v) is 2.07. The lowest BCUT2D eigenvalue weighted by molar-refractivity contribution is 1.26. The Hall–Kier alpha value is -3.20. The van der Waals surface area contributed by atoms with Gasteiger partial charge in [-0.3, -0.25) is 10.4 Å². The van der Waals surface area contributed by atoms with E-state index in [2.05, 4.69) is 27.6 Å². The van der Waals surface area contributed by atoms with Crippen molar-refractivity contribution >= 4 is 17.5 Å². The van der Waals surface area contributed by atoms with Gasteiger partial charge >= 0.3 is 0 Å². The van der Waals surface area contributed by atoms with Crippen LogP contribution < -0.4 is 5.43 Å². The van der Waals surface area contributed by atoms with E-state index in [1.54, 1.807) is 6.20 Å². The number of hydrogen-bond donors (Lipinski definition) is 1. The molecule has 0 radical (unpaired) electrons. The van der Waals surface area contributed by atoms with Crippen molar-refractivity contribution in [3.05, 3.63) is 102 Å². The molecule has 3 nitrogen and oxygen atoms in total. The van der Waals surface area contributed by atoms with Crippen LogP contribution in [0, 0.1) is 0 Å². The molecule has 3 rings (SSSR count). The van der Waals surface area contributed by atoms with Crippen molar-refractivity contribution in [3.63, 3.8) is 0 Å². The molecular weight excluding hydrogens is 282 g/mol. The summed E-state index contributed by atoms with van der Waals surface area (Å²) in [6, 6.07) is 25.8. The summed E-state index contributed by atoms with van der Waals surface area (Å²) in [6.07, 6.45) is 5.76. The Morgan fingerprint density at radius 2 is 1.52 bits per heavy atom. The van der Waals surface area contributed by atoms with E-state index < -0.39 is 0 Å². The van der Waals surface area contributed by atoms with Crippen LogP contribution in [0.15, 0.2) is 96.2 Å². The molecule has 0 saturated carbocycles. The van der Waals surface area contributed by atoms with Crippen LogP contribution >= 0.6 is 0 Å². The SMILES string of the molecule is C(=C\c1ccccc1)/C(=N\Nc1ccccc1)c1ccccn1. The second-order valence-electron chi connectivity index (χ2n) is 4.93. The van der Waals surface area contributed by atoms with Gasteiger partial charge in [-0.15, -0.1) is 0 Å². The van der Waals surface area contributed by atoms with Gasteiger partial charge in [-0.2, -0.15) is 5.10 Å². The van der Waals surface area contributed by atoms with Crippen LogP contribution in [0.1, 0.15) is 11.3 Å². The zero-order chi connectivity index (χ0) is 15.7. The highest BCUT2D eigenvalue weighted by Crippen LogP contribution is 2.08. The molecule has 0 amide bonds. The van der Waals surface area contributed by atoms with Crippen LogP contribution in [0.4, 0.5) is 5.69 Å². The topological polar surface area (TPSA) is 37.3 Å². The second-order valence-corrected chi connectivity index (χ2v) is 4.93. The molecule has 0 saturated heterocycles. The molecule has 3 aromatic rings. The Kier molecular flexibility index (Phi) is 4.93. The van der Waals surface area contributed by atoms with Gasteiger partial charge in [0.05, 0.1) is 11.4 Å². The van der Waals surface area contributed by atoms with Gasteiger partial charge in [-0.05, 0) is 35.9 Å². The van der Waals surface area contributed by atoms with E-state index in [0.29, 0.717) is 0 Å². The number of aromatic nitrogens is 1.